The number of rotatable bonds is 5. The monoisotopic (exact) mass is 344 g/mol. The van der Waals surface area contributed by atoms with Crippen molar-refractivity contribution in [3.8, 4) is 6.07 Å². The number of nitrogens with zero attached hydrogens (tertiary/aromatic N) is 3. The van der Waals surface area contributed by atoms with E-state index in [1.807, 2.05) is 27.7 Å². The molecule has 6 nitrogen and oxygen atoms in total. The van der Waals surface area contributed by atoms with Crippen molar-refractivity contribution in [2.45, 2.75) is 51.3 Å². The van der Waals surface area contributed by atoms with Crippen LogP contribution in [0.15, 0.2) is 15.6 Å². The van der Waals surface area contributed by atoms with E-state index in [9.17, 15) is 10.1 Å². The Labute approximate surface area is 145 Å². The summed E-state index contributed by atoms with van der Waals surface area (Å²) in [4.78, 5) is 17.0. The van der Waals surface area contributed by atoms with Crippen LogP contribution in [0.5, 0.6) is 0 Å². The molecule has 1 amide bonds. The highest BCUT2D eigenvalue weighted by molar-refractivity contribution is 8.00. The van der Waals surface area contributed by atoms with E-state index >= 15 is 0 Å². The molecule has 0 spiro atoms. The molecular formula is C17H20N4O2S. The molecule has 0 aliphatic rings. The summed E-state index contributed by atoms with van der Waals surface area (Å²) in [6, 6.07) is 3.87. The fraction of sp³-hybridized carbons (Fsp3) is 0.412. The van der Waals surface area contributed by atoms with Gasteiger partial charge in [-0.25, -0.2) is 4.98 Å². The van der Waals surface area contributed by atoms with Crippen molar-refractivity contribution >= 4 is 23.5 Å². The molecule has 0 bridgehead atoms. The number of hydrogen-bond donors (Lipinski definition) is 1. The Balaban J connectivity index is 2.24. The zero-order valence-corrected chi connectivity index (χ0v) is 15.2. The van der Waals surface area contributed by atoms with E-state index in [-0.39, 0.29) is 11.2 Å². The number of carbonyl (C=O) groups excluding carboxylic acids is 1. The molecule has 1 atom stereocenters. The van der Waals surface area contributed by atoms with Gasteiger partial charge >= 0.3 is 0 Å². The van der Waals surface area contributed by atoms with E-state index in [0.717, 1.165) is 16.8 Å². The zero-order chi connectivity index (χ0) is 17.9. The van der Waals surface area contributed by atoms with Crippen LogP contribution < -0.4 is 5.32 Å². The maximum absolute atomic E-state index is 12.5. The Morgan fingerprint density at radius 2 is 2.08 bits per heavy atom. The van der Waals surface area contributed by atoms with E-state index in [2.05, 4.69) is 21.5 Å². The number of carbonyl (C=O) groups is 1. The average molecular weight is 344 g/mol. The predicted molar refractivity (Wildman–Crippen MR) is 93.0 cm³/mol. The fourth-order valence-electron chi connectivity index (χ4n) is 2.22. The van der Waals surface area contributed by atoms with E-state index < -0.39 is 0 Å². The Bertz CT molecular complexity index is 808. The second kappa shape index (κ2) is 7.49. The maximum atomic E-state index is 12.5. The summed E-state index contributed by atoms with van der Waals surface area (Å²) >= 11 is 1.31. The number of pyridine rings is 1. The van der Waals surface area contributed by atoms with Gasteiger partial charge in [0.05, 0.1) is 10.8 Å². The normalized spacial score (nSPS) is 11.8. The minimum Gasteiger partial charge on any atom is -0.360 e. The Morgan fingerprint density at radius 1 is 1.38 bits per heavy atom. The highest BCUT2D eigenvalue weighted by atomic mass is 32.2. The molecule has 2 aromatic rings. The molecule has 0 aliphatic carbocycles. The Morgan fingerprint density at radius 3 is 2.62 bits per heavy atom. The number of nitrogens with one attached hydrogen (secondary N) is 1. The van der Waals surface area contributed by atoms with Gasteiger partial charge in [-0.1, -0.05) is 23.8 Å². The van der Waals surface area contributed by atoms with Gasteiger partial charge in [0.15, 0.2) is 5.82 Å². The highest BCUT2D eigenvalue weighted by Gasteiger charge is 2.23. The molecule has 7 heteroatoms. The third kappa shape index (κ3) is 3.77. The summed E-state index contributed by atoms with van der Waals surface area (Å²) in [5.74, 6) is 0.836. The minimum atomic E-state index is -0.372. The van der Waals surface area contributed by atoms with Gasteiger partial charge in [0.2, 0.25) is 5.91 Å². The second-order valence-corrected chi connectivity index (χ2v) is 6.76. The summed E-state index contributed by atoms with van der Waals surface area (Å²) in [7, 11) is 0. The van der Waals surface area contributed by atoms with Crippen LogP contribution in [0.1, 0.15) is 41.5 Å². The molecule has 0 aromatic carbocycles. The average Bonchev–Trinajstić information content (AvgIpc) is 2.95. The summed E-state index contributed by atoms with van der Waals surface area (Å²) in [6.07, 6.45) is 0.603. The van der Waals surface area contributed by atoms with E-state index in [4.69, 9.17) is 4.52 Å². The van der Waals surface area contributed by atoms with Crippen LogP contribution in [0.3, 0.4) is 0 Å². The maximum Gasteiger partial charge on any atom is 0.239 e. The first-order chi connectivity index (χ1) is 11.4. The molecule has 0 saturated carbocycles. The fourth-order valence-corrected chi connectivity index (χ4v) is 3.33. The molecule has 0 fully saturated rings. The number of aryl methyl sites for hydroxylation is 2. The third-order valence-corrected chi connectivity index (χ3v) is 5.22. The van der Waals surface area contributed by atoms with Gasteiger partial charge in [0.25, 0.3) is 0 Å². The summed E-state index contributed by atoms with van der Waals surface area (Å²) < 4.78 is 4.95. The molecule has 1 N–H and O–H groups in total. The lowest BCUT2D eigenvalue weighted by molar-refractivity contribution is -0.115. The lowest BCUT2D eigenvalue weighted by atomic mass is 10.1. The van der Waals surface area contributed by atoms with Gasteiger partial charge < -0.3 is 9.84 Å². The summed E-state index contributed by atoms with van der Waals surface area (Å²) in [6.45, 7) is 9.45. The summed E-state index contributed by atoms with van der Waals surface area (Å²) in [5, 5.41) is 16.2. The molecule has 126 valence electrons. The van der Waals surface area contributed by atoms with E-state index in [1.165, 1.54) is 11.8 Å². The van der Waals surface area contributed by atoms with Crippen molar-refractivity contribution in [1.29, 1.82) is 5.26 Å². The first-order valence-corrected chi connectivity index (χ1v) is 8.54. The summed E-state index contributed by atoms with van der Waals surface area (Å²) in [5.41, 5.74) is 3.32. The topological polar surface area (TPSA) is 91.8 Å². The molecule has 2 heterocycles. The largest absolute Gasteiger partial charge is 0.360 e. The first kappa shape index (κ1) is 18.0. The van der Waals surface area contributed by atoms with E-state index in [1.54, 1.807) is 13.0 Å². The van der Waals surface area contributed by atoms with Crippen LogP contribution in [0, 0.1) is 39.0 Å². The second-order valence-electron chi connectivity index (χ2n) is 5.57. The van der Waals surface area contributed by atoms with Gasteiger partial charge in [-0.3, -0.25) is 4.79 Å². The molecule has 2 rings (SSSR count). The number of nitriles is 1. The molecule has 1 unspecified atom stereocenters. The van der Waals surface area contributed by atoms with Crippen molar-refractivity contribution in [3.63, 3.8) is 0 Å². The number of thioether (sulfide) groups is 1. The van der Waals surface area contributed by atoms with Crippen LogP contribution in [0.4, 0.5) is 5.82 Å². The first-order valence-electron chi connectivity index (χ1n) is 7.66. The number of anilines is 1. The minimum absolute atomic E-state index is 0.183. The number of amides is 1. The standard InChI is InChI=1S/C17H20N4O2S/c1-6-14(16(22)20-15-7-9(2)23-21-15)24-17-13(8-18)11(4)10(3)12(5)19-17/h7,14H,6H2,1-5H3,(H,20,21,22). The quantitative estimate of drug-likeness (QED) is 0.832. The lowest BCUT2D eigenvalue weighted by Crippen LogP contribution is -2.25. The zero-order valence-electron chi connectivity index (χ0n) is 14.4. The Hall–Kier alpha value is -2.33. The van der Waals surface area contributed by atoms with Gasteiger partial charge in [-0.2, -0.15) is 5.26 Å². The molecule has 0 saturated heterocycles. The third-order valence-electron chi connectivity index (χ3n) is 3.87. The van der Waals surface area contributed by atoms with Gasteiger partial charge in [0.1, 0.15) is 16.9 Å². The van der Waals surface area contributed by atoms with Crippen molar-refractivity contribution in [2.24, 2.45) is 0 Å². The van der Waals surface area contributed by atoms with Crippen LogP contribution in [0.2, 0.25) is 0 Å². The van der Waals surface area contributed by atoms with Crippen LogP contribution >= 0.6 is 11.8 Å². The Kier molecular flexibility index (Phi) is 5.62. The van der Waals surface area contributed by atoms with Crippen molar-refractivity contribution in [1.82, 2.24) is 10.1 Å². The number of hydrogen-bond acceptors (Lipinski definition) is 6. The van der Waals surface area contributed by atoms with Gasteiger partial charge in [0, 0.05) is 11.8 Å². The van der Waals surface area contributed by atoms with Gasteiger partial charge in [-0.15, -0.1) is 0 Å². The SMILES string of the molecule is CCC(Sc1nc(C)c(C)c(C)c1C#N)C(=O)Nc1cc(C)on1. The van der Waals surface area contributed by atoms with Crippen LogP contribution in [-0.2, 0) is 4.79 Å². The lowest BCUT2D eigenvalue weighted by Gasteiger charge is -2.16. The molecule has 0 radical (unpaired) electrons. The van der Waals surface area contributed by atoms with Crippen LogP contribution in [0.25, 0.3) is 0 Å². The molecule has 0 aliphatic heterocycles. The number of aromatic nitrogens is 2. The van der Waals surface area contributed by atoms with Crippen LogP contribution in [-0.4, -0.2) is 21.3 Å². The van der Waals surface area contributed by atoms with Crippen molar-refractivity contribution in [3.05, 3.63) is 34.2 Å². The predicted octanol–water partition coefficient (Wildman–Crippen LogP) is 3.68. The van der Waals surface area contributed by atoms with Gasteiger partial charge in [-0.05, 0) is 45.2 Å². The molecule has 2 aromatic heterocycles. The highest BCUT2D eigenvalue weighted by Crippen LogP contribution is 2.31. The molecule has 24 heavy (non-hydrogen) atoms. The van der Waals surface area contributed by atoms with Crippen molar-refractivity contribution < 1.29 is 9.32 Å². The van der Waals surface area contributed by atoms with E-state index in [0.29, 0.717) is 28.6 Å². The smallest absolute Gasteiger partial charge is 0.239 e. The van der Waals surface area contributed by atoms with Crippen molar-refractivity contribution in [2.75, 3.05) is 5.32 Å². The molecular weight excluding hydrogens is 324 g/mol.